The van der Waals surface area contributed by atoms with Crippen molar-refractivity contribution in [3.63, 3.8) is 0 Å². The molecule has 1 aromatic carbocycles. The van der Waals surface area contributed by atoms with Crippen molar-refractivity contribution in [2.45, 2.75) is 23.8 Å². The molecule has 0 atom stereocenters. The van der Waals surface area contributed by atoms with Crippen molar-refractivity contribution in [1.29, 1.82) is 0 Å². The van der Waals surface area contributed by atoms with E-state index < -0.39 is 10.0 Å². The topological polar surface area (TPSA) is 96.8 Å². The van der Waals surface area contributed by atoms with Gasteiger partial charge in [0.1, 0.15) is 17.0 Å². The van der Waals surface area contributed by atoms with Gasteiger partial charge in [0.15, 0.2) is 5.84 Å². The fraction of sp³-hybridized carbons (Fsp3) is 0.353. The first-order chi connectivity index (χ1) is 12.6. The van der Waals surface area contributed by atoms with Crippen molar-refractivity contribution in [2.75, 3.05) is 25.5 Å². The lowest BCUT2D eigenvalue weighted by Crippen LogP contribution is -2.42. The number of rotatable bonds is 3. The van der Waals surface area contributed by atoms with Gasteiger partial charge in [0.2, 0.25) is 5.88 Å². The summed E-state index contributed by atoms with van der Waals surface area (Å²) in [5.74, 6) is 1.80. The zero-order chi connectivity index (χ0) is 18.1. The molecular formula is C17H19N5O3S. The zero-order valence-electron chi connectivity index (χ0n) is 14.3. The molecule has 3 heterocycles. The van der Waals surface area contributed by atoms with Gasteiger partial charge in [-0.3, -0.25) is 0 Å². The van der Waals surface area contributed by atoms with Crippen LogP contribution in [0.15, 0.2) is 46.0 Å². The Morgan fingerprint density at radius 2 is 1.96 bits per heavy atom. The smallest absolute Gasteiger partial charge is 0.285 e. The number of hydrogen-bond donors (Lipinski definition) is 1. The Hall–Kier alpha value is -2.68. The van der Waals surface area contributed by atoms with Crippen LogP contribution in [0.4, 0.5) is 5.82 Å². The number of sulfonamides is 1. The number of hydrogen-bond acceptors (Lipinski definition) is 7. The van der Waals surface area contributed by atoms with Crippen molar-refractivity contribution >= 4 is 21.7 Å². The van der Waals surface area contributed by atoms with Gasteiger partial charge in [-0.15, -0.1) is 4.40 Å². The Labute approximate surface area is 152 Å². The van der Waals surface area contributed by atoms with E-state index in [9.17, 15) is 8.42 Å². The fourth-order valence-corrected chi connectivity index (χ4v) is 4.52. The van der Waals surface area contributed by atoms with Crippen LogP contribution in [0.2, 0.25) is 0 Å². The third-order valence-corrected chi connectivity index (χ3v) is 5.94. The number of nitrogens with one attached hydrogen (secondary N) is 1. The highest BCUT2D eigenvalue weighted by Crippen LogP contribution is 2.29. The molecule has 0 spiro atoms. The second-order valence-corrected chi connectivity index (χ2v) is 7.81. The summed E-state index contributed by atoms with van der Waals surface area (Å²) in [6.45, 7) is 1.45. The minimum Gasteiger partial charge on any atom is -0.481 e. The average molecular weight is 373 g/mol. The molecule has 0 unspecified atom stereocenters. The molecule has 0 amide bonds. The van der Waals surface area contributed by atoms with Crippen LogP contribution in [0.3, 0.4) is 0 Å². The highest BCUT2D eigenvalue weighted by atomic mass is 32.2. The molecule has 0 aliphatic carbocycles. The highest BCUT2D eigenvalue weighted by Gasteiger charge is 2.33. The molecule has 26 heavy (non-hydrogen) atoms. The van der Waals surface area contributed by atoms with Crippen LogP contribution in [0.25, 0.3) is 0 Å². The third kappa shape index (κ3) is 3.10. The molecule has 2 aliphatic heterocycles. The molecule has 4 rings (SSSR count). The normalized spacial score (nSPS) is 19.0. The number of ether oxygens (including phenoxy) is 1. The van der Waals surface area contributed by atoms with Crippen molar-refractivity contribution in [3.05, 3.63) is 42.2 Å². The van der Waals surface area contributed by atoms with Gasteiger partial charge in [0, 0.05) is 30.8 Å². The van der Waals surface area contributed by atoms with Crippen molar-refractivity contribution in [3.8, 4) is 5.88 Å². The largest absolute Gasteiger partial charge is 0.481 e. The molecule has 136 valence electrons. The number of likely N-dealkylation sites (tertiary alicyclic amines) is 1. The van der Waals surface area contributed by atoms with Crippen LogP contribution in [0.1, 0.15) is 18.4 Å². The molecule has 0 bridgehead atoms. The summed E-state index contributed by atoms with van der Waals surface area (Å²) >= 11 is 0. The number of benzene rings is 1. The second-order valence-electron chi connectivity index (χ2n) is 6.24. The van der Waals surface area contributed by atoms with E-state index in [1.54, 1.807) is 25.3 Å². The average Bonchev–Trinajstić information content (AvgIpc) is 2.94. The van der Waals surface area contributed by atoms with Gasteiger partial charge in [-0.2, -0.15) is 8.42 Å². The second kappa shape index (κ2) is 6.56. The fourth-order valence-electron chi connectivity index (χ4n) is 3.29. The first kappa shape index (κ1) is 16.8. The summed E-state index contributed by atoms with van der Waals surface area (Å²) in [6, 6.07) is 9.00. The van der Waals surface area contributed by atoms with Gasteiger partial charge in [0.25, 0.3) is 10.0 Å². The Morgan fingerprint density at radius 3 is 2.73 bits per heavy atom. The maximum absolute atomic E-state index is 12.2. The zero-order valence-corrected chi connectivity index (χ0v) is 15.1. The van der Waals surface area contributed by atoms with Crippen LogP contribution in [-0.2, 0) is 10.0 Å². The number of piperidine rings is 1. The van der Waals surface area contributed by atoms with E-state index in [4.69, 9.17) is 4.74 Å². The summed E-state index contributed by atoms with van der Waals surface area (Å²) in [7, 11) is -2.01. The van der Waals surface area contributed by atoms with E-state index in [-0.39, 0.29) is 6.04 Å². The van der Waals surface area contributed by atoms with Gasteiger partial charge in [-0.25, -0.2) is 9.97 Å². The summed E-state index contributed by atoms with van der Waals surface area (Å²) in [5.41, 5.74) is 0.694. The van der Waals surface area contributed by atoms with Crippen LogP contribution in [0.5, 0.6) is 5.88 Å². The van der Waals surface area contributed by atoms with Crippen LogP contribution in [-0.4, -0.2) is 55.4 Å². The Balaban J connectivity index is 1.44. The van der Waals surface area contributed by atoms with Crippen LogP contribution < -0.4 is 10.1 Å². The van der Waals surface area contributed by atoms with Gasteiger partial charge in [0.05, 0.1) is 7.11 Å². The Bertz CT molecular complexity index is 952. The molecule has 1 N–H and O–H groups in total. The predicted octanol–water partition coefficient (Wildman–Crippen LogP) is 1.51. The predicted molar refractivity (Wildman–Crippen MR) is 97.0 cm³/mol. The number of anilines is 1. The molecule has 1 fully saturated rings. The summed E-state index contributed by atoms with van der Waals surface area (Å²) in [6.07, 6.45) is 3.17. The summed E-state index contributed by atoms with van der Waals surface area (Å²) in [5, 5.41) is 3.39. The first-order valence-electron chi connectivity index (χ1n) is 8.39. The number of nitrogens with zero attached hydrogens (tertiary/aromatic N) is 4. The number of fused-ring (bicyclic) bond motifs is 1. The van der Waals surface area contributed by atoms with Crippen LogP contribution >= 0.6 is 0 Å². The molecule has 2 aromatic rings. The van der Waals surface area contributed by atoms with E-state index in [1.807, 2.05) is 17.0 Å². The van der Waals surface area contributed by atoms with E-state index in [0.29, 0.717) is 22.2 Å². The molecule has 8 nitrogen and oxygen atoms in total. The number of aromatic nitrogens is 2. The minimum atomic E-state index is -3.57. The quantitative estimate of drug-likeness (QED) is 0.871. The lowest BCUT2D eigenvalue weighted by Gasteiger charge is -2.33. The SMILES string of the molecule is COc1cc(NC2CCN(C3=NS(=O)(=O)c4ccccc43)CC2)ncn1. The van der Waals surface area contributed by atoms with Gasteiger partial charge >= 0.3 is 0 Å². The third-order valence-electron chi connectivity index (χ3n) is 4.61. The lowest BCUT2D eigenvalue weighted by atomic mass is 10.0. The van der Waals surface area contributed by atoms with Gasteiger partial charge < -0.3 is 15.0 Å². The van der Waals surface area contributed by atoms with Crippen molar-refractivity contribution < 1.29 is 13.2 Å². The Morgan fingerprint density at radius 1 is 1.19 bits per heavy atom. The van der Waals surface area contributed by atoms with E-state index in [0.717, 1.165) is 31.7 Å². The van der Waals surface area contributed by atoms with E-state index in [1.165, 1.54) is 6.33 Å². The number of amidine groups is 1. The standard InChI is InChI=1S/C17H19N5O3S/c1-25-16-10-15(18-11-19-16)20-12-6-8-22(9-7-12)17-13-4-2-3-5-14(13)26(23,24)21-17/h2-5,10-12H,6-9H2,1H3,(H,18,19,20). The molecule has 0 radical (unpaired) electrons. The maximum atomic E-state index is 12.2. The summed E-state index contributed by atoms with van der Waals surface area (Å²) in [4.78, 5) is 10.5. The van der Waals surface area contributed by atoms with Crippen molar-refractivity contribution in [1.82, 2.24) is 14.9 Å². The van der Waals surface area contributed by atoms with Gasteiger partial charge in [-0.05, 0) is 25.0 Å². The molecule has 9 heteroatoms. The lowest BCUT2D eigenvalue weighted by molar-refractivity contribution is 0.324. The summed E-state index contributed by atoms with van der Waals surface area (Å²) < 4.78 is 33.5. The molecular weight excluding hydrogens is 354 g/mol. The van der Waals surface area contributed by atoms with Gasteiger partial charge in [-0.1, -0.05) is 12.1 Å². The number of methoxy groups -OCH3 is 1. The highest BCUT2D eigenvalue weighted by molar-refractivity contribution is 7.90. The molecule has 0 saturated carbocycles. The van der Waals surface area contributed by atoms with Crippen molar-refractivity contribution in [2.24, 2.45) is 4.40 Å². The maximum Gasteiger partial charge on any atom is 0.285 e. The monoisotopic (exact) mass is 373 g/mol. The Kier molecular flexibility index (Phi) is 4.23. The van der Waals surface area contributed by atoms with E-state index >= 15 is 0 Å². The first-order valence-corrected chi connectivity index (χ1v) is 9.83. The van der Waals surface area contributed by atoms with Crippen LogP contribution in [0, 0.1) is 0 Å². The molecule has 2 aliphatic rings. The van der Waals surface area contributed by atoms with E-state index in [2.05, 4.69) is 19.7 Å². The minimum absolute atomic E-state index is 0.250. The molecule has 1 aromatic heterocycles. The molecule has 1 saturated heterocycles.